The third-order valence-corrected chi connectivity index (χ3v) is 4.61. The lowest BCUT2D eigenvalue weighted by molar-refractivity contribution is -0.139. The molecule has 1 saturated heterocycles. The molecule has 0 spiro atoms. The predicted octanol–water partition coefficient (Wildman–Crippen LogP) is 1.45. The summed E-state index contributed by atoms with van der Waals surface area (Å²) in [6.07, 6.45) is 4.53. The topological polar surface area (TPSA) is 87.7 Å². The van der Waals surface area contributed by atoms with E-state index < -0.39 is 18.0 Å². The van der Waals surface area contributed by atoms with Gasteiger partial charge in [0.2, 0.25) is 0 Å². The number of ether oxygens (including phenoxy) is 1. The highest BCUT2D eigenvalue weighted by atomic mass is 32.2. The van der Waals surface area contributed by atoms with Crippen LogP contribution in [0.3, 0.4) is 0 Å². The molecule has 0 saturated carbocycles. The zero-order valence-electron chi connectivity index (χ0n) is 11.9. The predicted molar refractivity (Wildman–Crippen MR) is 79.2 cm³/mol. The van der Waals surface area contributed by atoms with E-state index in [-0.39, 0.29) is 0 Å². The Morgan fingerprint density at radius 1 is 1.45 bits per heavy atom. The van der Waals surface area contributed by atoms with E-state index in [0.717, 1.165) is 12.2 Å². The van der Waals surface area contributed by atoms with Gasteiger partial charge in [0.25, 0.3) is 0 Å². The van der Waals surface area contributed by atoms with Crippen molar-refractivity contribution in [3.8, 4) is 0 Å². The van der Waals surface area contributed by atoms with Gasteiger partial charge in [0.05, 0.1) is 0 Å². The Morgan fingerprint density at radius 3 is 2.85 bits per heavy atom. The molecule has 116 valence electrons. The molecule has 6 nitrogen and oxygen atoms in total. The van der Waals surface area contributed by atoms with Crippen LogP contribution in [-0.4, -0.2) is 54.4 Å². The number of hydrogen-bond donors (Lipinski definition) is 3. The minimum atomic E-state index is -1.01. The van der Waals surface area contributed by atoms with Gasteiger partial charge in [-0.1, -0.05) is 6.42 Å². The lowest BCUT2D eigenvalue weighted by Gasteiger charge is -2.22. The van der Waals surface area contributed by atoms with Gasteiger partial charge in [-0.3, -0.25) is 0 Å². The fourth-order valence-corrected chi connectivity index (χ4v) is 3.31. The molecule has 20 heavy (non-hydrogen) atoms. The number of carbonyl (C=O) groups excluding carboxylic acids is 1. The molecule has 2 atom stereocenters. The minimum absolute atomic E-state index is 0.370. The Kier molecular flexibility index (Phi) is 8.45. The molecular formula is C13H24N2O4S. The molecule has 1 heterocycles. The smallest absolute Gasteiger partial charge is 0.326 e. The molecule has 1 aliphatic heterocycles. The number of rotatable bonds is 8. The minimum Gasteiger partial charge on any atom is -0.480 e. The van der Waals surface area contributed by atoms with Crippen molar-refractivity contribution >= 4 is 23.8 Å². The van der Waals surface area contributed by atoms with Crippen LogP contribution in [0.4, 0.5) is 4.79 Å². The number of hydrogen-bond acceptors (Lipinski definition) is 4. The second kappa shape index (κ2) is 9.88. The molecule has 2 amide bonds. The van der Waals surface area contributed by atoms with Gasteiger partial charge in [-0.05, 0) is 31.4 Å². The molecule has 0 aromatic carbocycles. The molecule has 2 unspecified atom stereocenters. The van der Waals surface area contributed by atoms with Gasteiger partial charge in [-0.2, -0.15) is 11.8 Å². The first-order valence-corrected chi connectivity index (χ1v) is 8.06. The highest BCUT2D eigenvalue weighted by Gasteiger charge is 2.20. The number of methoxy groups -OCH3 is 1. The van der Waals surface area contributed by atoms with Crippen LogP contribution in [0.5, 0.6) is 0 Å². The molecule has 0 radical (unpaired) electrons. The molecule has 0 bridgehead atoms. The highest BCUT2D eigenvalue weighted by Crippen LogP contribution is 2.24. The second-order valence-corrected chi connectivity index (χ2v) is 6.28. The quantitative estimate of drug-likeness (QED) is 0.591. The number of thioether (sulfide) groups is 1. The summed E-state index contributed by atoms with van der Waals surface area (Å²) in [6.45, 7) is 1.09. The monoisotopic (exact) mass is 304 g/mol. The molecule has 0 aromatic rings. The number of urea groups is 1. The van der Waals surface area contributed by atoms with E-state index in [4.69, 9.17) is 9.84 Å². The first kappa shape index (κ1) is 17.1. The van der Waals surface area contributed by atoms with E-state index >= 15 is 0 Å². The van der Waals surface area contributed by atoms with Crippen molar-refractivity contribution in [2.75, 3.05) is 26.0 Å². The molecule has 7 heteroatoms. The molecular weight excluding hydrogens is 280 g/mol. The van der Waals surface area contributed by atoms with Crippen LogP contribution in [0.2, 0.25) is 0 Å². The Balaban J connectivity index is 2.24. The first-order chi connectivity index (χ1) is 9.63. The Labute approximate surface area is 124 Å². The van der Waals surface area contributed by atoms with Crippen LogP contribution in [0.1, 0.15) is 32.1 Å². The lowest BCUT2D eigenvalue weighted by Crippen LogP contribution is -2.47. The standard InChI is InChI=1S/C13H24N2O4S/c1-19-7-4-6-11(12(16)17)15-13(18)14-9-10-5-2-3-8-20-10/h10-11H,2-9H2,1H3,(H,16,17)(H2,14,15,18). The third kappa shape index (κ3) is 7.00. The summed E-state index contributed by atoms with van der Waals surface area (Å²) in [6, 6.07) is -1.26. The van der Waals surface area contributed by atoms with Gasteiger partial charge in [-0.25, -0.2) is 9.59 Å². The van der Waals surface area contributed by atoms with Crippen LogP contribution in [0, 0.1) is 0 Å². The van der Waals surface area contributed by atoms with Crippen molar-refractivity contribution in [3.05, 3.63) is 0 Å². The van der Waals surface area contributed by atoms with E-state index in [2.05, 4.69) is 10.6 Å². The zero-order chi connectivity index (χ0) is 14.8. The van der Waals surface area contributed by atoms with Crippen molar-refractivity contribution < 1.29 is 19.4 Å². The number of carboxylic acid groups (broad SMARTS) is 1. The fraction of sp³-hybridized carbons (Fsp3) is 0.846. The maximum Gasteiger partial charge on any atom is 0.326 e. The average Bonchev–Trinajstić information content (AvgIpc) is 2.45. The van der Waals surface area contributed by atoms with Crippen LogP contribution >= 0.6 is 11.8 Å². The number of nitrogens with one attached hydrogen (secondary N) is 2. The summed E-state index contributed by atoms with van der Waals surface area (Å²) in [7, 11) is 1.57. The van der Waals surface area contributed by atoms with Crippen LogP contribution in [0.15, 0.2) is 0 Å². The summed E-state index contributed by atoms with van der Waals surface area (Å²) in [4.78, 5) is 22.8. The number of carbonyl (C=O) groups is 2. The van der Waals surface area contributed by atoms with Crippen molar-refractivity contribution in [3.63, 3.8) is 0 Å². The van der Waals surface area contributed by atoms with E-state index in [1.165, 1.54) is 12.8 Å². The summed E-state index contributed by atoms with van der Waals surface area (Å²) in [5.74, 6) is 0.131. The highest BCUT2D eigenvalue weighted by molar-refractivity contribution is 7.99. The number of carboxylic acids is 1. The molecule has 0 aromatic heterocycles. The van der Waals surface area contributed by atoms with Gasteiger partial charge in [0, 0.05) is 25.5 Å². The summed E-state index contributed by atoms with van der Waals surface area (Å²) in [5.41, 5.74) is 0. The maximum absolute atomic E-state index is 11.7. The zero-order valence-corrected chi connectivity index (χ0v) is 12.7. The molecule has 3 N–H and O–H groups in total. The van der Waals surface area contributed by atoms with Crippen molar-refractivity contribution in [1.82, 2.24) is 10.6 Å². The van der Waals surface area contributed by atoms with E-state index in [0.29, 0.717) is 31.2 Å². The lowest BCUT2D eigenvalue weighted by atomic mass is 10.1. The second-order valence-electron chi connectivity index (χ2n) is 4.87. The third-order valence-electron chi connectivity index (χ3n) is 3.21. The molecule has 1 fully saturated rings. The van der Waals surface area contributed by atoms with Crippen molar-refractivity contribution in [2.45, 2.75) is 43.4 Å². The maximum atomic E-state index is 11.7. The van der Waals surface area contributed by atoms with E-state index in [1.54, 1.807) is 7.11 Å². The molecule has 1 rings (SSSR count). The molecule has 0 aliphatic carbocycles. The number of aliphatic carboxylic acids is 1. The Hall–Kier alpha value is -0.950. The van der Waals surface area contributed by atoms with Gasteiger partial charge in [-0.15, -0.1) is 0 Å². The summed E-state index contributed by atoms with van der Waals surface area (Å²) < 4.78 is 4.88. The fourth-order valence-electron chi connectivity index (χ4n) is 2.07. The summed E-state index contributed by atoms with van der Waals surface area (Å²) >= 11 is 1.87. The first-order valence-electron chi connectivity index (χ1n) is 7.01. The van der Waals surface area contributed by atoms with E-state index in [9.17, 15) is 9.59 Å². The normalized spacial score (nSPS) is 20.1. The van der Waals surface area contributed by atoms with Gasteiger partial charge >= 0.3 is 12.0 Å². The largest absolute Gasteiger partial charge is 0.480 e. The van der Waals surface area contributed by atoms with Crippen LogP contribution < -0.4 is 10.6 Å². The van der Waals surface area contributed by atoms with Crippen LogP contribution in [-0.2, 0) is 9.53 Å². The summed E-state index contributed by atoms with van der Waals surface area (Å²) in [5, 5.41) is 14.8. The van der Waals surface area contributed by atoms with E-state index in [1.807, 2.05) is 11.8 Å². The van der Waals surface area contributed by atoms with Crippen molar-refractivity contribution in [1.29, 1.82) is 0 Å². The SMILES string of the molecule is COCCCC(NC(=O)NCC1CCCCS1)C(=O)O. The Bertz CT molecular complexity index is 309. The molecule has 1 aliphatic rings. The van der Waals surface area contributed by atoms with Crippen LogP contribution in [0.25, 0.3) is 0 Å². The number of amides is 2. The Morgan fingerprint density at radius 2 is 2.25 bits per heavy atom. The van der Waals surface area contributed by atoms with Gasteiger partial charge < -0.3 is 20.5 Å². The van der Waals surface area contributed by atoms with Gasteiger partial charge in [0.15, 0.2) is 0 Å². The average molecular weight is 304 g/mol. The van der Waals surface area contributed by atoms with Gasteiger partial charge in [0.1, 0.15) is 6.04 Å². The van der Waals surface area contributed by atoms with Crippen molar-refractivity contribution in [2.24, 2.45) is 0 Å².